The maximum absolute atomic E-state index is 12.2. The Labute approximate surface area is 178 Å². The Morgan fingerprint density at radius 3 is 2.10 bits per heavy atom. The van der Waals surface area contributed by atoms with E-state index in [0.717, 1.165) is 22.3 Å². The van der Waals surface area contributed by atoms with E-state index in [4.69, 9.17) is 9.84 Å². The first kappa shape index (κ1) is 21.8. The fraction of sp³-hybridized carbons (Fsp3) is 0.273. The van der Waals surface area contributed by atoms with Crippen LogP contribution in [0, 0.1) is 0 Å². The van der Waals surface area contributed by atoms with E-state index in [9.17, 15) is 19.2 Å². The van der Waals surface area contributed by atoms with Crippen molar-refractivity contribution in [3.05, 3.63) is 59.7 Å². The normalized spacial score (nSPS) is 12.8. The van der Waals surface area contributed by atoms with Gasteiger partial charge < -0.3 is 25.8 Å². The molecule has 0 spiro atoms. The summed E-state index contributed by atoms with van der Waals surface area (Å²) in [7, 11) is 0. The Bertz CT molecular complexity index is 961. The van der Waals surface area contributed by atoms with Crippen molar-refractivity contribution in [2.75, 3.05) is 19.7 Å². The molecule has 162 valence electrons. The van der Waals surface area contributed by atoms with E-state index >= 15 is 0 Å². The Balaban J connectivity index is 1.49. The van der Waals surface area contributed by atoms with Crippen LogP contribution in [0.4, 0.5) is 4.79 Å². The second kappa shape index (κ2) is 9.75. The van der Waals surface area contributed by atoms with Crippen LogP contribution in [0.2, 0.25) is 0 Å². The molecule has 0 fully saturated rings. The molecule has 0 aromatic heterocycles. The van der Waals surface area contributed by atoms with Crippen LogP contribution >= 0.6 is 0 Å². The Hall–Kier alpha value is -3.88. The SMILES string of the molecule is C[C@@H](NC(=O)OCC1c2ccccc2-c2ccccc21)C(=O)NCC(=O)NCC(=O)O. The van der Waals surface area contributed by atoms with E-state index in [1.807, 2.05) is 48.5 Å². The van der Waals surface area contributed by atoms with Crippen LogP contribution in [0.15, 0.2) is 48.5 Å². The highest BCUT2D eigenvalue weighted by Crippen LogP contribution is 2.44. The van der Waals surface area contributed by atoms with E-state index in [0.29, 0.717) is 0 Å². The number of alkyl carbamates (subject to hydrolysis) is 1. The number of amides is 3. The third-order valence-corrected chi connectivity index (χ3v) is 4.93. The van der Waals surface area contributed by atoms with Crippen molar-refractivity contribution in [3.8, 4) is 11.1 Å². The smallest absolute Gasteiger partial charge is 0.407 e. The number of ether oxygens (including phenoxy) is 1. The lowest BCUT2D eigenvalue weighted by molar-refractivity contribution is -0.137. The highest BCUT2D eigenvalue weighted by molar-refractivity contribution is 5.90. The van der Waals surface area contributed by atoms with Crippen LogP contribution in [0.5, 0.6) is 0 Å². The Morgan fingerprint density at radius 2 is 1.52 bits per heavy atom. The zero-order valence-electron chi connectivity index (χ0n) is 16.9. The van der Waals surface area contributed by atoms with Gasteiger partial charge in [0, 0.05) is 5.92 Å². The van der Waals surface area contributed by atoms with Crippen molar-refractivity contribution < 1.29 is 29.0 Å². The summed E-state index contributed by atoms with van der Waals surface area (Å²) in [6.07, 6.45) is -0.750. The van der Waals surface area contributed by atoms with Crippen LogP contribution in [-0.2, 0) is 19.1 Å². The van der Waals surface area contributed by atoms with Crippen LogP contribution in [0.1, 0.15) is 24.0 Å². The summed E-state index contributed by atoms with van der Waals surface area (Å²) in [5, 5.41) is 15.4. The summed E-state index contributed by atoms with van der Waals surface area (Å²) < 4.78 is 5.38. The van der Waals surface area contributed by atoms with Crippen molar-refractivity contribution in [1.29, 1.82) is 0 Å². The molecule has 1 atom stereocenters. The number of aliphatic carboxylic acids is 1. The van der Waals surface area contributed by atoms with Crippen molar-refractivity contribution in [2.24, 2.45) is 0 Å². The lowest BCUT2D eigenvalue weighted by Gasteiger charge is -2.17. The molecule has 9 heteroatoms. The first-order chi connectivity index (χ1) is 14.9. The second-order valence-corrected chi connectivity index (χ2v) is 7.08. The minimum absolute atomic E-state index is 0.0970. The summed E-state index contributed by atoms with van der Waals surface area (Å²) in [6, 6.07) is 15.0. The van der Waals surface area contributed by atoms with Gasteiger partial charge in [-0.2, -0.15) is 0 Å². The number of carboxylic acids is 1. The summed E-state index contributed by atoms with van der Waals surface area (Å²) in [6.45, 7) is 0.628. The van der Waals surface area contributed by atoms with Gasteiger partial charge in [0.1, 0.15) is 19.2 Å². The topological polar surface area (TPSA) is 134 Å². The molecule has 0 saturated heterocycles. The fourth-order valence-electron chi connectivity index (χ4n) is 3.44. The Kier molecular flexibility index (Phi) is 6.86. The fourth-order valence-corrected chi connectivity index (χ4v) is 3.44. The van der Waals surface area contributed by atoms with Crippen LogP contribution in [-0.4, -0.2) is 54.7 Å². The van der Waals surface area contributed by atoms with E-state index in [-0.39, 0.29) is 12.5 Å². The zero-order chi connectivity index (χ0) is 22.4. The van der Waals surface area contributed by atoms with E-state index in [1.54, 1.807) is 0 Å². The van der Waals surface area contributed by atoms with Gasteiger partial charge in [0.05, 0.1) is 6.54 Å². The summed E-state index contributed by atoms with van der Waals surface area (Å²) in [5.74, 6) is -2.53. The number of hydrogen-bond acceptors (Lipinski definition) is 5. The number of carbonyl (C=O) groups excluding carboxylic acids is 3. The van der Waals surface area contributed by atoms with Gasteiger partial charge in [-0.3, -0.25) is 14.4 Å². The quantitative estimate of drug-likeness (QED) is 0.503. The molecule has 0 saturated carbocycles. The second-order valence-electron chi connectivity index (χ2n) is 7.08. The number of carboxylic acid groups (broad SMARTS) is 1. The van der Waals surface area contributed by atoms with Gasteiger partial charge in [0.15, 0.2) is 0 Å². The van der Waals surface area contributed by atoms with Crippen molar-refractivity contribution in [3.63, 3.8) is 0 Å². The molecule has 2 aromatic carbocycles. The molecule has 0 heterocycles. The molecule has 31 heavy (non-hydrogen) atoms. The molecule has 0 unspecified atom stereocenters. The molecule has 3 amide bonds. The molecular formula is C22H23N3O6. The van der Waals surface area contributed by atoms with Crippen molar-refractivity contribution in [2.45, 2.75) is 18.9 Å². The van der Waals surface area contributed by atoms with Gasteiger partial charge in [-0.25, -0.2) is 4.79 Å². The maximum atomic E-state index is 12.2. The number of rotatable bonds is 8. The van der Waals surface area contributed by atoms with Gasteiger partial charge in [0.25, 0.3) is 0 Å². The number of fused-ring (bicyclic) bond motifs is 3. The number of nitrogens with one attached hydrogen (secondary N) is 3. The molecule has 9 nitrogen and oxygen atoms in total. The average Bonchev–Trinajstić information content (AvgIpc) is 3.08. The third-order valence-electron chi connectivity index (χ3n) is 4.93. The molecule has 0 bridgehead atoms. The van der Waals surface area contributed by atoms with Gasteiger partial charge in [0.2, 0.25) is 11.8 Å². The summed E-state index contributed by atoms with van der Waals surface area (Å²) >= 11 is 0. The molecule has 1 aliphatic carbocycles. The lowest BCUT2D eigenvalue weighted by atomic mass is 9.98. The molecule has 0 radical (unpaired) electrons. The molecule has 2 aromatic rings. The van der Waals surface area contributed by atoms with E-state index < -0.39 is 43.0 Å². The minimum atomic E-state index is -1.19. The van der Waals surface area contributed by atoms with Crippen LogP contribution < -0.4 is 16.0 Å². The highest BCUT2D eigenvalue weighted by Gasteiger charge is 2.29. The van der Waals surface area contributed by atoms with E-state index in [1.165, 1.54) is 6.92 Å². The minimum Gasteiger partial charge on any atom is -0.480 e. The zero-order valence-corrected chi connectivity index (χ0v) is 16.9. The Morgan fingerprint density at radius 1 is 0.935 bits per heavy atom. The van der Waals surface area contributed by atoms with Crippen molar-refractivity contribution in [1.82, 2.24) is 16.0 Å². The largest absolute Gasteiger partial charge is 0.480 e. The molecular weight excluding hydrogens is 402 g/mol. The summed E-state index contributed by atoms with van der Waals surface area (Å²) in [5.41, 5.74) is 4.38. The summed E-state index contributed by atoms with van der Waals surface area (Å²) in [4.78, 5) is 46.1. The van der Waals surface area contributed by atoms with Crippen LogP contribution in [0.3, 0.4) is 0 Å². The first-order valence-corrected chi connectivity index (χ1v) is 9.74. The highest BCUT2D eigenvalue weighted by atomic mass is 16.5. The standard InChI is InChI=1S/C22H23N3O6/c1-13(21(29)24-10-19(26)23-11-20(27)28)25-22(30)31-12-18-16-8-4-2-6-14(16)15-7-3-5-9-17(15)18/h2-9,13,18H,10-12H2,1H3,(H,23,26)(H,24,29)(H,25,30)(H,27,28)/t13-/m1/s1. The monoisotopic (exact) mass is 425 g/mol. The molecule has 3 rings (SSSR count). The third kappa shape index (κ3) is 5.39. The number of carbonyl (C=O) groups is 4. The average molecular weight is 425 g/mol. The van der Waals surface area contributed by atoms with Gasteiger partial charge in [-0.05, 0) is 29.2 Å². The first-order valence-electron chi connectivity index (χ1n) is 9.74. The molecule has 4 N–H and O–H groups in total. The molecule has 0 aliphatic heterocycles. The van der Waals surface area contributed by atoms with E-state index in [2.05, 4.69) is 16.0 Å². The van der Waals surface area contributed by atoms with Gasteiger partial charge in [-0.1, -0.05) is 48.5 Å². The lowest BCUT2D eigenvalue weighted by Crippen LogP contribution is -2.48. The number of benzene rings is 2. The van der Waals surface area contributed by atoms with Crippen molar-refractivity contribution >= 4 is 23.9 Å². The van der Waals surface area contributed by atoms with Gasteiger partial charge in [-0.15, -0.1) is 0 Å². The predicted molar refractivity (Wildman–Crippen MR) is 111 cm³/mol. The maximum Gasteiger partial charge on any atom is 0.407 e. The van der Waals surface area contributed by atoms with Crippen LogP contribution in [0.25, 0.3) is 11.1 Å². The number of hydrogen-bond donors (Lipinski definition) is 4. The molecule has 1 aliphatic rings. The van der Waals surface area contributed by atoms with Gasteiger partial charge >= 0.3 is 12.1 Å². The predicted octanol–water partition coefficient (Wildman–Crippen LogP) is 1.23.